The molecule has 1 unspecified atom stereocenters. The standard InChI is InChI=1S/C14H16O3S/c1-4-10-14(11(2)15,13(16)17-3)18-12-8-6-5-7-9-12/h4-10H,1-3H3/b10-4+. The van der Waals surface area contributed by atoms with Crippen LogP contribution < -0.4 is 0 Å². The number of Topliss-reactive ketones (excluding diaryl/α,β-unsaturated/α-hetero) is 1. The molecule has 0 radical (unpaired) electrons. The molecule has 0 saturated carbocycles. The number of rotatable bonds is 5. The first-order valence-corrected chi connectivity index (χ1v) is 6.36. The molecule has 0 spiro atoms. The van der Waals surface area contributed by atoms with Crippen LogP contribution >= 0.6 is 11.8 Å². The van der Waals surface area contributed by atoms with Gasteiger partial charge in [-0.1, -0.05) is 42.1 Å². The second-order valence-corrected chi connectivity index (χ2v) is 5.02. The van der Waals surface area contributed by atoms with Crippen LogP contribution in [0.25, 0.3) is 0 Å². The van der Waals surface area contributed by atoms with E-state index in [0.717, 1.165) is 4.90 Å². The molecule has 0 fully saturated rings. The normalized spacial score (nSPS) is 14.2. The van der Waals surface area contributed by atoms with E-state index >= 15 is 0 Å². The van der Waals surface area contributed by atoms with E-state index in [9.17, 15) is 9.59 Å². The van der Waals surface area contributed by atoms with Crippen molar-refractivity contribution in [3.05, 3.63) is 42.5 Å². The summed E-state index contributed by atoms with van der Waals surface area (Å²) in [6, 6.07) is 9.32. The number of benzene rings is 1. The summed E-state index contributed by atoms with van der Waals surface area (Å²) in [5.41, 5.74) is 0. The lowest BCUT2D eigenvalue weighted by Crippen LogP contribution is -2.41. The van der Waals surface area contributed by atoms with Gasteiger partial charge < -0.3 is 4.74 Å². The first-order chi connectivity index (χ1) is 8.56. The highest BCUT2D eigenvalue weighted by atomic mass is 32.2. The Labute approximate surface area is 111 Å². The van der Waals surface area contributed by atoms with E-state index in [-0.39, 0.29) is 5.78 Å². The van der Waals surface area contributed by atoms with Crippen molar-refractivity contribution in [2.45, 2.75) is 23.5 Å². The predicted octanol–water partition coefficient (Wildman–Crippen LogP) is 2.86. The third-order valence-electron chi connectivity index (χ3n) is 2.44. The summed E-state index contributed by atoms with van der Waals surface area (Å²) in [7, 11) is 1.29. The molecule has 1 aromatic carbocycles. The summed E-state index contributed by atoms with van der Waals surface area (Å²) < 4.78 is 3.47. The monoisotopic (exact) mass is 264 g/mol. The fourth-order valence-corrected chi connectivity index (χ4v) is 2.72. The highest BCUT2D eigenvalue weighted by Gasteiger charge is 2.43. The van der Waals surface area contributed by atoms with Crippen LogP contribution in [-0.2, 0) is 14.3 Å². The summed E-state index contributed by atoms with van der Waals surface area (Å²) in [5, 5.41) is 0. The second-order valence-electron chi connectivity index (χ2n) is 3.70. The van der Waals surface area contributed by atoms with Crippen LogP contribution in [0.5, 0.6) is 0 Å². The molecule has 1 aromatic rings. The zero-order chi connectivity index (χ0) is 13.6. The summed E-state index contributed by atoms with van der Waals surface area (Å²) in [6.45, 7) is 3.17. The van der Waals surface area contributed by atoms with E-state index in [4.69, 9.17) is 4.74 Å². The quantitative estimate of drug-likeness (QED) is 0.355. The highest BCUT2D eigenvalue weighted by molar-refractivity contribution is 8.02. The molecule has 96 valence electrons. The Kier molecular flexibility index (Phi) is 5.16. The molecular weight excluding hydrogens is 248 g/mol. The topological polar surface area (TPSA) is 43.4 Å². The van der Waals surface area contributed by atoms with Gasteiger partial charge in [0.2, 0.25) is 0 Å². The van der Waals surface area contributed by atoms with Crippen molar-refractivity contribution in [1.29, 1.82) is 0 Å². The van der Waals surface area contributed by atoms with Crippen LogP contribution in [-0.4, -0.2) is 23.6 Å². The summed E-state index contributed by atoms with van der Waals surface area (Å²) in [6.07, 6.45) is 3.27. The molecule has 0 aromatic heterocycles. The average Bonchev–Trinajstić information content (AvgIpc) is 2.38. The number of esters is 1. The van der Waals surface area contributed by atoms with Crippen LogP contribution in [0.3, 0.4) is 0 Å². The summed E-state index contributed by atoms with van der Waals surface area (Å²) >= 11 is 1.19. The van der Waals surface area contributed by atoms with E-state index in [1.165, 1.54) is 25.8 Å². The van der Waals surface area contributed by atoms with Crippen LogP contribution in [0.1, 0.15) is 13.8 Å². The zero-order valence-electron chi connectivity index (χ0n) is 10.7. The number of ether oxygens (including phenoxy) is 1. The number of carbonyl (C=O) groups excluding carboxylic acids is 2. The molecular formula is C14H16O3S. The molecule has 0 heterocycles. The molecule has 0 bridgehead atoms. The van der Waals surface area contributed by atoms with Gasteiger partial charge >= 0.3 is 5.97 Å². The minimum absolute atomic E-state index is 0.249. The number of carbonyl (C=O) groups is 2. The van der Waals surface area contributed by atoms with E-state index in [2.05, 4.69) is 0 Å². The lowest BCUT2D eigenvalue weighted by Gasteiger charge is -2.24. The van der Waals surface area contributed by atoms with Crippen LogP contribution in [0.4, 0.5) is 0 Å². The fraction of sp³-hybridized carbons (Fsp3) is 0.286. The largest absolute Gasteiger partial charge is 0.467 e. The maximum Gasteiger partial charge on any atom is 0.333 e. The van der Waals surface area contributed by atoms with Crippen LogP contribution in [0.2, 0.25) is 0 Å². The van der Waals surface area contributed by atoms with Crippen molar-refractivity contribution < 1.29 is 14.3 Å². The number of thioether (sulfide) groups is 1. The van der Waals surface area contributed by atoms with E-state index in [1.807, 2.05) is 30.3 Å². The third kappa shape index (κ3) is 3.01. The van der Waals surface area contributed by atoms with Gasteiger partial charge in [0.15, 0.2) is 10.5 Å². The van der Waals surface area contributed by atoms with E-state index in [1.54, 1.807) is 19.1 Å². The van der Waals surface area contributed by atoms with Gasteiger partial charge in [-0.15, -0.1) is 0 Å². The maximum atomic E-state index is 12.0. The summed E-state index contributed by atoms with van der Waals surface area (Å²) in [5.74, 6) is -0.803. The Balaban J connectivity index is 3.19. The molecule has 18 heavy (non-hydrogen) atoms. The van der Waals surface area contributed by atoms with Crippen LogP contribution in [0, 0.1) is 0 Å². The van der Waals surface area contributed by atoms with Crippen molar-refractivity contribution in [3.63, 3.8) is 0 Å². The summed E-state index contributed by atoms with van der Waals surface area (Å²) in [4.78, 5) is 24.7. The van der Waals surface area contributed by atoms with Gasteiger partial charge in [-0.05, 0) is 26.0 Å². The maximum absolute atomic E-state index is 12.0. The number of ketones is 1. The van der Waals surface area contributed by atoms with E-state index < -0.39 is 10.7 Å². The smallest absolute Gasteiger partial charge is 0.333 e. The molecule has 1 rings (SSSR count). The Bertz CT molecular complexity index is 453. The lowest BCUT2D eigenvalue weighted by atomic mass is 10.0. The van der Waals surface area contributed by atoms with Gasteiger partial charge in [0.05, 0.1) is 7.11 Å². The van der Waals surface area contributed by atoms with E-state index in [0.29, 0.717) is 0 Å². The second kappa shape index (κ2) is 6.40. The van der Waals surface area contributed by atoms with Gasteiger partial charge in [-0.3, -0.25) is 4.79 Å². The number of hydrogen-bond donors (Lipinski definition) is 0. The van der Waals surface area contributed by atoms with Crippen molar-refractivity contribution in [2.24, 2.45) is 0 Å². The fourth-order valence-electron chi connectivity index (χ4n) is 1.54. The minimum Gasteiger partial charge on any atom is -0.467 e. The SMILES string of the molecule is C/C=C/C(Sc1ccccc1)(C(C)=O)C(=O)OC. The van der Waals surface area contributed by atoms with Crippen molar-refractivity contribution in [2.75, 3.05) is 7.11 Å². The molecule has 0 saturated heterocycles. The molecule has 0 aliphatic carbocycles. The van der Waals surface area contributed by atoms with Crippen molar-refractivity contribution in [1.82, 2.24) is 0 Å². The number of hydrogen-bond acceptors (Lipinski definition) is 4. The Morgan fingerprint density at radius 3 is 2.33 bits per heavy atom. The first-order valence-electron chi connectivity index (χ1n) is 5.54. The molecule has 0 amide bonds. The molecule has 0 N–H and O–H groups in total. The molecule has 4 heteroatoms. The Hall–Kier alpha value is -1.55. The molecule has 1 atom stereocenters. The lowest BCUT2D eigenvalue weighted by molar-refractivity contribution is -0.144. The number of allylic oxidation sites excluding steroid dienone is 1. The van der Waals surface area contributed by atoms with Crippen LogP contribution in [0.15, 0.2) is 47.4 Å². The minimum atomic E-state index is -1.30. The van der Waals surface area contributed by atoms with Crippen molar-refractivity contribution in [3.8, 4) is 0 Å². The third-order valence-corrected chi connectivity index (χ3v) is 3.86. The zero-order valence-corrected chi connectivity index (χ0v) is 11.5. The van der Waals surface area contributed by atoms with Gasteiger partial charge in [-0.25, -0.2) is 4.79 Å². The first kappa shape index (κ1) is 14.5. The van der Waals surface area contributed by atoms with Gasteiger partial charge in [0.1, 0.15) is 0 Å². The molecule has 0 aliphatic rings. The number of methoxy groups -OCH3 is 1. The Morgan fingerprint density at radius 1 is 1.28 bits per heavy atom. The van der Waals surface area contributed by atoms with Gasteiger partial charge in [0, 0.05) is 4.90 Å². The Morgan fingerprint density at radius 2 is 1.89 bits per heavy atom. The average molecular weight is 264 g/mol. The van der Waals surface area contributed by atoms with Gasteiger partial charge in [0.25, 0.3) is 0 Å². The molecule has 3 nitrogen and oxygen atoms in total. The predicted molar refractivity (Wildman–Crippen MR) is 72.5 cm³/mol. The van der Waals surface area contributed by atoms with Gasteiger partial charge in [-0.2, -0.15) is 0 Å². The van der Waals surface area contributed by atoms with Crippen molar-refractivity contribution >= 4 is 23.5 Å². The highest BCUT2D eigenvalue weighted by Crippen LogP contribution is 2.36. The molecule has 0 aliphatic heterocycles.